The molecule has 1 saturated heterocycles. The van der Waals surface area contributed by atoms with E-state index in [1.807, 2.05) is 0 Å². The van der Waals surface area contributed by atoms with Crippen LogP contribution in [0.3, 0.4) is 0 Å². The molecule has 2 heterocycles. The Balaban J connectivity index is 2.06. The molecule has 1 fully saturated rings. The first-order valence-corrected chi connectivity index (χ1v) is 7.67. The van der Waals surface area contributed by atoms with Gasteiger partial charge in [-0.1, -0.05) is 20.8 Å². The fourth-order valence-electron chi connectivity index (χ4n) is 2.37. The van der Waals surface area contributed by atoms with Gasteiger partial charge in [0.1, 0.15) is 5.01 Å². The predicted octanol–water partition coefficient (Wildman–Crippen LogP) is 2.62. The van der Waals surface area contributed by atoms with Gasteiger partial charge in [-0.2, -0.15) is 0 Å². The molecule has 1 N–H and O–H groups in total. The molecule has 0 radical (unpaired) electrons. The van der Waals surface area contributed by atoms with Crippen molar-refractivity contribution in [1.82, 2.24) is 15.2 Å². The van der Waals surface area contributed by atoms with E-state index in [-0.39, 0.29) is 5.41 Å². The fraction of sp³-hybridized carbons (Fsp3) is 0.786. The van der Waals surface area contributed by atoms with Crippen LogP contribution in [0.25, 0.3) is 0 Å². The van der Waals surface area contributed by atoms with Crippen LogP contribution < -0.4 is 5.32 Å². The average molecular weight is 267 g/mol. The maximum absolute atomic E-state index is 4.80. The third-order valence-electron chi connectivity index (χ3n) is 3.65. The monoisotopic (exact) mass is 267 g/mol. The Labute approximate surface area is 115 Å². The first kappa shape index (κ1) is 14.0. The molecule has 0 amide bonds. The summed E-state index contributed by atoms with van der Waals surface area (Å²) in [7, 11) is 0. The second-order valence-corrected chi connectivity index (χ2v) is 7.35. The zero-order valence-electron chi connectivity index (χ0n) is 12.2. The van der Waals surface area contributed by atoms with Crippen molar-refractivity contribution in [3.8, 4) is 0 Å². The SMILES string of the molecule is CC1CNCC(C)N1Cc1nc(C(C)(C)C)cs1. The van der Waals surface area contributed by atoms with Crippen LogP contribution in [0.4, 0.5) is 0 Å². The first-order valence-electron chi connectivity index (χ1n) is 6.79. The number of hydrogen-bond acceptors (Lipinski definition) is 4. The maximum atomic E-state index is 4.80. The highest BCUT2D eigenvalue weighted by Crippen LogP contribution is 2.25. The average Bonchev–Trinajstić information content (AvgIpc) is 2.72. The van der Waals surface area contributed by atoms with E-state index in [1.54, 1.807) is 11.3 Å². The van der Waals surface area contributed by atoms with Crippen LogP contribution in [0.2, 0.25) is 0 Å². The summed E-state index contributed by atoms with van der Waals surface area (Å²) < 4.78 is 0. The second-order valence-electron chi connectivity index (χ2n) is 6.41. The molecule has 4 heteroatoms. The molecule has 1 aliphatic rings. The van der Waals surface area contributed by atoms with Gasteiger partial charge < -0.3 is 5.32 Å². The number of thiazole rings is 1. The molecular formula is C14H25N3S. The minimum Gasteiger partial charge on any atom is -0.314 e. The number of nitrogens with zero attached hydrogens (tertiary/aromatic N) is 2. The minimum atomic E-state index is 0.162. The van der Waals surface area contributed by atoms with E-state index in [0.717, 1.165) is 19.6 Å². The molecular weight excluding hydrogens is 242 g/mol. The van der Waals surface area contributed by atoms with Gasteiger partial charge in [0.05, 0.1) is 12.2 Å². The van der Waals surface area contributed by atoms with Crippen molar-refractivity contribution >= 4 is 11.3 Å². The third-order valence-corrected chi connectivity index (χ3v) is 4.48. The third kappa shape index (κ3) is 3.11. The summed E-state index contributed by atoms with van der Waals surface area (Å²) in [6.07, 6.45) is 0. The topological polar surface area (TPSA) is 28.2 Å². The lowest BCUT2D eigenvalue weighted by molar-refractivity contribution is 0.108. The fourth-order valence-corrected chi connectivity index (χ4v) is 3.39. The Morgan fingerprint density at radius 1 is 1.33 bits per heavy atom. The van der Waals surface area contributed by atoms with Crippen molar-refractivity contribution in [1.29, 1.82) is 0 Å². The molecule has 1 aromatic rings. The number of aromatic nitrogens is 1. The van der Waals surface area contributed by atoms with Crippen molar-refractivity contribution in [2.24, 2.45) is 0 Å². The van der Waals surface area contributed by atoms with E-state index in [1.165, 1.54) is 10.7 Å². The van der Waals surface area contributed by atoms with Gasteiger partial charge in [-0.3, -0.25) is 4.90 Å². The van der Waals surface area contributed by atoms with Gasteiger partial charge in [0.2, 0.25) is 0 Å². The second kappa shape index (κ2) is 5.27. The summed E-state index contributed by atoms with van der Waals surface area (Å²) in [6, 6.07) is 1.19. The standard InChI is InChI=1S/C14H25N3S/c1-10-6-15-7-11(2)17(10)8-13-16-12(9-18-13)14(3,4)5/h9-11,15H,6-8H2,1-5H3. The minimum absolute atomic E-state index is 0.162. The van der Waals surface area contributed by atoms with Gasteiger partial charge >= 0.3 is 0 Å². The van der Waals surface area contributed by atoms with Crippen LogP contribution in [0.15, 0.2) is 5.38 Å². The molecule has 18 heavy (non-hydrogen) atoms. The largest absolute Gasteiger partial charge is 0.314 e. The number of rotatable bonds is 2. The van der Waals surface area contributed by atoms with E-state index in [9.17, 15) is 0 Å². The van der Waals surface area contributed by atoms with Gasteiger partial charge in [-0.05, 0) is 13.8 Å². The van der Waals surface area contributed by atoms with Crippen LogP contribution in [0, 0.1) is 0 Å². The van der Waals surface area contributed by atoms with Gasteiger partial charge in [0.15, 0.2) is 0 Å². The van der Waals surface area contributed by atoms with Gasteiger partial charge in [-0.25, -0.2) is 4.98 Å². The van der Waals surface area contributed by atoms with Crippen LogP contribution in [0.5, 0.6) is 0 Å². The molecule has 2 unspecified atom stereocenters. The molecule has 0 aromatic carbocycles. The van der Waals surface area contributed by atoms with Crippen LogP contribution >= 0.6 is 11.3 Å². The molecule has 1 aromatic heterocycles. The summed E-state index contributed by atoms with van der Waals surface area (Å²) in [5.74, 6) is 0. The lowest BCUT2D eigenvalue weighted by Crippen LogP contribution is -2.54. The Hall–Kier alpha value is -0.450. The lowest BCUT2D eigenvalue weighted by Gasteiger charge is -2.38. The lowest BCUT2D eigenvalue weighted by atomic mass is 9.93. The Morgan fingerprint density at radius 2 is 1.94 bits per heavy atom. The van der Waals surface area contributed by atoms with Crippen molar-refractivity contribution in [2.75, 3.05) is 13.1 Å². The van der Waals surface area contributed by atoms with Crippen LogP contribution in [0.1, 0.15) is 45.3 Å². The Bertz CT molecular complexity index is 384. The number of nitrogens with one attached hydrogen (secondary N) is 1. The number of piperazine rings is 1. The van der Waals surface area contributed by atoms with E-state index < -0.39 is 0 Å². The van der Waals surface area contributed by atoms with Gasteiger partial charge in [0, 0.05) is 36.0 Å². The summed E-state index contributed by atoms with van der Waals surface area (Å²) in [5.41, 5.74) is 1.38. The summed E-state index contributed by atoms with van der Waals surface area (Å²) in [5, 5.41) is 6.94. The van der Waals surface area contributed by atoms with Crippen molar-refractivity contribution in [2.45, 2.75) is 58.7 Å². The molecule has 0 spiro atoms. The van der Waals surface area contributed by atoms with Crippen molar-refractivity contribution in [3.63, 3.8) is 0 Å². The summed E-state index contributed by atoms with van der Waals surface area (Å²) in [6.45, 7) is 14.4. The molecule has 102 valence electrons. The van der Waals surface area contributed by atoms with Crippen LogP contribution in [-0.4, -0.2) is 35.1 Å². The predicted molar refractivity (Wildman–Crippen MR) is 78.2 cm³/mol. The van der Waals surface area contributed by atoms with Crippen molar-refractivity contribution < 1.29 is 0 Å². The Kier molecular flexibility index (Phi) is 4.09. The molecule has 3 nitrogen and oxygen atoms in total. The molecule has 0 bridgehead atoms. The Morgan fingerprint density at radius 3 is 2.44 bits per heavy atom. The highest BCUT2D eigenvalue weighted by Gasteiger charge is 2.26. The molecule has 0 saturated carbocycles. The van der Waals surface area contributed by atoms with E-state index in [4.69, 9.17) is 4.98 Å². The van der Waals surface area contributed by atoms with Crippen molar-refractivity contribution in [3.05, 3.63) is 16.1 Å². The summed E-state index contributed by atoms with van der Waals surface area (Å²) in [4.78, 5) is 7.36. The molecule has 2 rings (SSSR count). The van der Waals surface area contributed by atoms with Gasteiger partial charge in [-0.15, -0.1) is 11.3 Å². The number of hydrogen-bond donors (Lipinski definition) is 1. The van der Waals surface area contributed by atoms with E-state index >= 15 is 0 Å². The zero-order chi connectivity index (χ0) is 13.3. The summed E-state index contributed by atoms with van der Waals surface area (Å²) >= 11 is 1.80. The zero-order valence-corrected chi connectivity index (χ0v) is 13.0. The molecule has 0 aliphatic carbocycles. The van der Waals surface area contributed by atoms with Crippen LogP contribution in [-0.2, 0) is 12.0 Å². The maximum Gasteiger partial charge on any atom is 0.107 e. The first-order chi connectivity index (χ1) is 8.38. The quantitative estimate of drug-likeness (QED) is 0.893. The normalized spacial score (nSPS) is 26.5. The smallest absolute Gasteiger partial charge is 0.107 e. The molecule has 2 atom stereocenters. The molecule has 1 aliphatic heterocycles. The van der Waals surface area contributed by atoms with E-state index in [2.05, 4.69) is 50.2 Å². The van der Waals surface area contributed by atoms with Gasteiger partial charge in [0.25, 0.3) is 0 Å². The highest BCUT2D eigenvalue weighted by molar-refractivity contribution is 7.09. The van der Waals surface area contributed by atoms with E-state index in [0.29, 0.717) is 12.1 Å². The highest BCUT2D eigenvalue weighted by atomic mass is 32.1.